The number of thioether (sulfide) groups is 1. The number of hydrogen-bond acceptors (Lipinski definition) is 7. The van der Waals surface area contributed by atoms with E-state index in [1.807, 2.05) is 30.3 Å². The quantitative estimate of drug-likeness (QED) is 0.661. The summed E-state index contributed by atoms with van der Waals surface area (Å²) in [6.07, 6.45) is 5.74. The van der Waals surface area contributed by atoms with Crippen molar-refractivity contribution in [1.82, 2.24) is 25.1 Å². The maximum absolute atomic E-state index is 12.7. The molecule has 1 fully saturated rings. The van der Waals surface area contributed by atoms with Crippen LogP contribution >= 0.6 is 23.1 Å². The third kappa shape index (κ3) is 4.19. The van der Waals surface area contributed by atoms with Gasteiger partial charge in [-0.25, -0.2) is 0 Å². The maximum atomic E-state index is 12.7. The molecule has 1 aliphatic carbocycles. The molecule has 0 unspecified atom stereocenters. The van der Waals surface area contributed by atoms with E-state index in [0.717, 1.165) is 12.8 Å². The molecule has 27 heavy (non-hydrogen) atoms. The highest BCUT2D eigenvalue weighted by atomic mass is 32.2. The van der Waals surface area contributed by atoms with Crippen LogP contribution in [-0.4, -0.2) is 37.5 Å². The molecule has 9 heteroatoms. The molecule has 0 radical (unpaired) electrons. The summed E-state index contributed by atoms with van der Waals surface area (Å²) in [5, 5.41) is 15.6. The van der Waals surface area contributed by atoms with Gasteiger partial charge in [-0.05, 0) is 12.8 Å². The second kappa shape index (κ2) is 8.18. The lowest BCUT2D eigenvalue weighted by atomic mass is 9.95. The van der Waals surface area contributed by atoms with E-state index < -0.39 is 0 Å². The van der Waals surface area contributed by atoms with E-state index in [-0.39, 0.29) is 22.9 Å². The Kier molecular flexibility index (Phi) is 5.49. The van der Waals surface area contributed by atoms with Crippen LogP contribution in [0.15, 0.2) is 39.5 Å². The molecule has 7 nitrogen and oxygen atoms in total. The molecule has 1 aromatic carbocycles. The van der Waals surface area contributed by atoms with Crippen molar-refractivity contribution < 1.29 is 4.79 Å². The summed E-state index contributed by atoms with van der Waals surface area (Å²) in [7, 11) is 0. The van der Waals surface area contributed by atoms with E-state index in [4.69, 9.17) is 0 Å². The maximum Gasteiger partial charge on any atom is 0.302 e. The van der Waals surface area contributed by atoms with E-state index in [1.165, 1.54) is 46.9 Å². The van der Waals surface area contributed by atoms with Gasteiger partial charge < -0.3 is 5.32 Å². The van der Waals surface area contributed by atoms with Crippen molar-refractivity contribution in [3.63, 3.8) is 0 Å². The van der Waals surface area contributed by atoms with Crippen LogP contribution in [0.3, 0.4) is 0 Å². The summed E-state index contributed by atoms with van der Waals surface area (Å²) >= 11 is 2.59. The third-order valence-electron chi connectivity index (χ3n) is 4.52. The zero-order chi connectivity index (χ0) is 18.6. The molecular formula is C18H19N5O2S2. The minimum atomic E-state index is -0.305. The van der Waals surface area contributed by atoms with Gasteiger partial charge in [0, 0.05) is 11.6 Å². The van der Waals surface area contributed by atoms with Crippen LogP contribution in [0.2, 0.25) is 0 Å². The molecule has 2 heterocycles. The van der Waals surface area contributed by atoms with Crippen molar-refractivity contribution in [3.05, 3.63) is 40.7 Å². The normalized spacial score (nSPS) is 15.1. The minimum absolute atomic E-state index is 0.00885. The van der Waals surface area contributed by atoms with Gasteiger partial charge in [0.2, 0.25) is 10.9 Å². The molecule has 0 aliphatic heterocycles. The lowest BCUT2D eigenvalue weighted by Gasteiger charge is -2.22. The Morgan fingerprint density at radius 1 is 1.19 bits per heavy atom. The lowest BCUT2D eigenvalue weighted by Crippen LogP contribution is -2.37. The fourth-order valence-corrected chi connectivity index (χ4v) is 4.86. The first kappa shape index (κ1) is 18.1. The zero-order valence-corrected chi connectivity index (χ0v) is 16.3. The predicted octanol–water partition coefficient (Wildman–Crippen LogP) is 2.75. The summed E-state index contributed by atoms with van der Waals surface area (Å²) in [6.45, 7) is 0. The second-order valence-electron chi connectivity index (χ2n) is 6.47. The van der Waals surface area contributed by atoms with Gasteiger partial charge in [0.1, 0.15) is 0 Å². The monoisotopic (exact) mass is 401 g/mol. The van der Waals surface area contributed by atoms with Crippen LogP contribution in [-0.2, 0) is 4.79 Å². The molecule has 1 N–H and O–H groups in total. The van der Waals surface area contributed by atoms with Gasteiger partial charge in [0.15, 0.2) is 10.0 Å². The van der Waals surface area contributed by atoms with Crippen LogP contribution in [0, 0.1) is 0 Å². The molecule has 3 aromatic rings. The molecule has 0 saturated heterocycles. The number of carbonyl (C=O) groups is 1. The van der Waals surface area contributed by atoms with Gasteiger partial charge in [-0.2, -0.15) is 4.52 Å². The molecule has 0 spiro atoms. The van der Waals surface area contributed by atoms with Crippen LogP contribution in [0.1, 0.15) is 32.1 Å². The summed E-state index contributed by atoms with van der Waals surface area (Å²) in [5.74, 6) is 0.291. The van der Waals surface area contributed by atoms with Gasteiger partial charge in [-0.3, -0.25) is 9.59 Å². The van der Waals surface area contributed by atoms with Crippen LogP contribution in [0.25, 0.3) is 16.2 Å². The summed E-state index contributed by atoms with van der Waals surface area (Å²) < 4.78 is 1.90. The number of benzene rings is 1. The predicted molar refractivity (Wildman–Crippen MR) is 106 cm³/mol. The molecule has 0 atom stereocenters. The van der Waals surface area contributed by atoms with Gasteiger partial charge >= 0.3 is 5.56 Å². The smallest absolute Gasteiger partial charge is 0.302 e. The number of rotatable bonds is 5. The first-order valence-electron chi connectivity index (χ1n) is 8.95. The Morgan fingerprint density at radius 2 is 1.96 bits per heavy atom. The summed E-state index contributed by atoms with van der Waals surface area (Å²) in [4.78, 5) is 25.2. The first-order chi connectivity index (χ1) is 13.2. The Bertz CT molecular complexity index is 996. The molecule has 4 rings (SSSR count). The Labute approximate surface area is 164 Å². The lowest BCUT2D eigenvalue weighted by molar-refractivity contribution is -0.119. The Hall–Kier alpha value is -2.26. The summed E-state index contributed by atoms with van der Waals surface area (Å²) in [6, 6.07) is 9.49. The van der Waals surface area contributed by atoms with Gasteiger partial charge in [0.25, 0.3) is 0 Å². The Balaban J connectivity index is 1.46. The number of carbonyl (C=O) groups excluding carboxylic acids is 1. The second-order valence-corrected chi connectivity index (χ2v) is 8.65. The SMILES string of the molecule is O=C(CSc1nn2c(=O)c(-c3ccccc3)nnc2s1)NC1CCCCC1. The first-order valence-corrected chi connectivity index (χ1v) is 10.7. The molecule has 1 amide bonds. The molecule has 1 saturated carbocycles. The highest BCUT2D eigenvalue weighted by Gasteiger charge is 2.17. The van der Waals surface area contributed by atoms with E-state index in [9.17, 15) is 9.59 Å². The van der Waals surface area contributed by atoms with Crippen molar-refractivity contribution in [1.29, 1.82) is 0 Å². The number of nitrogens with one attached hydrogen (secondary N) is 1. The molecule has 140 valence electrons. The average Bonchev–Trinajstić information content (AvgIpc) is 3.12. The molecule has 0 bridgehead atoms. The Morgan fingerprint density at radius 3 is 2.74 bits per heavy atom. The van der Waals surface area contributed by atoms with Crippen molar-refractivity contribution in [2.75, 3.05) is 5.75 Å². The van der Waals surface area contributed by atoms with Gasteiger partial charge in [-0.15, -0.1) is 15.3 Å². The number of fused-ring (bicyclic) bond motifs is 1. The third-order valence-corrected chi connectivity index (χ3v) is 6.55. The fraction of sp³-hybridized carbons (Fsp3) is 0.389. The highest BCUT2D eigenvalue weighted by Crippen LogP contribution is 2.24. The summed E-state index contributed by atoms with van der Waals surface area (Å²) in [5.41, 5.74) is 0.671. The van der Waals surface area contributed by atoms with E-state index in [1.54, 1.807) is 0 Å². The van der Waals surface area contributed by atoms with Crippen LogP contribution < -0.4 is 10.9 Å². The number of aromatic nitrogens is 4. The standard InChI is InChI=1S/C18H19N5O2S2/c24-14(19-13-9-5-2-6-10-13)11-26-18-22-23-16(25)15(20-21-17(23)27-18)12-7-3-1-4-8-12/h1,3-4,7-8,13H,2,5-6,9-11H2,(H,19,24). The zero-order valence-electron chi connectivity index (χ0n) is 14.6. The largest absolute Gasteiger partial charge is 0.353 e. The minimum Gasteiger partial charge on any atom is -0.353 e. The fourth-order valence-electron chi connectivity index (χ4n) is 3.18. The molecule has 1 aliphatic rings. The van der Waals surface area contributed by atoms with Crippen molar-refractivity contribution in [2.45, 2.75) is 42.5 Å². The number of nitrogens with zero attached hydrogens (tertiary/aromatic N) is 4. The van der Waals surface area contributed by atoms with Gasteiger partial charge in [-0.1, -0.05) is 72.7 Å². The van der Waals surface area contributed by atoms with Gasteiger partial charge in [0.05, 0.1) is 5.75 Å². The van der Waals surface area contributed by atoms with E-state index in [2.05, 4.69) is 20.6 Å². The van der Waals surface area contributed by atoms with Crippen molar-refractivity contribution in [3.8, 4) is 11.3 Å². The number of hydrogen-bond donors (Lipinski definition) is 1. The van der Waals surface area contributed by atoms with Crippen molar-refractivity contribution >= 4 is 34.0 Å². The van der Waals surface area contributed by atoms with E-state index in [0.29, 0.717) is 20.9 Å². The van der Waals surface area contributed by atoms with Crippen molar-refractivity contribution in [2.24, 2.45) is 0 Å². The van der Waals surface area contributed by atoms with Crippen LogP contribution in [0.5, 0.6) is 0 Å². The highest BCUT2D eigenvalue weighted by molar-refractivity contribution is 8.01. The molecule has 2 aromatic heterocycles. The van der Waals surface area contributed by atoms with Crippen LogP contribution in [0.4, 0.5) is 0 Å². The topological polar surface area (TPSA) is 89.3 Å². The average molecular weight is 402 g/mol. The van der Waals surface area contributed by atoms with E-state index >= 15 is 0 Å². The number of amides is 1. The molecular weight excluding hydrogens is 382 g/mol.